The monoisotopic (exact) mass is 243 g/mol. The van der Waals surface area contributed by atoms with E-state index in [0.717, 1.165) is 0 Å². The van der Waals surface area contributed by atoms with Crippen LogP contribution in [0, 0.1) is 0 Å². The minimum atomic E-state index is 0.302. The Bertz CT molecular complexity index is 422. The van der Waals surface area contributed by atoms with Crippen LogP contribution >= 0.6 is 23.2 Å². The topological polar surface area (TPSA) is 35.3 Å². The van der Waals surface area contributed by atoms with E-state index >= 15 is 0 Å². The predicted octanol–water partition coefficient (Wildman–Crippen LogP) is 3.56. The standard InChI is InChI=1S/C10H7Cl2NO2/c11-7-3-8(12)5-10(4-7)14-6-9-1-2-13-15-9/h1-5H,6H2. The highest BCUT2D eigenvalue weighted by Gasteiger charge is 2.01. The van der Waals surface area contributed by atoms with Crippen molar-refractivity contribution in [3.63, 3.8) is 0 Å². The van der Waals surface area contributed by atoms with Crippen LogP contribution in [-0.2, 0) is 6.61 Å². The Hall–Kier alpha value is -1.19. The lowest BCUT2D eigenvalue weighted by Crippen LogP contribution is -1.93. The van der Waals surface area contributed by atoms with Gasteiger partial charge in [0.1, 0.15) is 12.4 Å². The first-order valence-corrected chi connectivity index (χ1v) is 4.98. The predicted molar refractivity (Wildman–Crippen MR) is 57.3 cm³/mol. The maximum Gasteiger partial charge on any atom is 0.174 e. The van der Waals surface area contributed by atoms with Crippen LogP contribution in [0.2, 0.25) is 10.0 Å². The van der Waals surface area contributed by atoms with E-state index in [9.17, 15) is 0 Å². The molecule has 2 rings (SSSR count). The Balaban J connectivity index is 2.05. The minimum Gasteiger partial charge on any atom is -0.485 e. The van der Waals surface area contributed by atoms with Crippen LogP contribution in [0.4, 0.5) is 0 Å². The third kappa shape index (κ3) is 2.88. The van der Waals surface area contributed by atoms with E-state index in [0.29, 0.717) is 28.2 Å². The van der Waals surface area contributed by atoms with Crippen LogP contribution in [0.1, 0.15) is 5.76 Å². The van der Waals surface area contributed by atoms with E-state index in [-0.39, 0.29) is 0 Å². The van der Waals surface area contributed by atoms with Gasteiger partial charge in [0.15, 0.2) is 5.76 Å². The average Bonchev–Trinajstić information content (AvgIpc) is 2.65. The molecular formula is C10H7Cl2NO2. The van der Waals surface area contributed by atoms with Gasteiger partial charge in [-0.25, -0.2) is 0 Å². The summed E-state index contributed by atoms with van der Waals surface area (Å²) in [5, 5.41) is 4.64. The van der Waals surface area contributed by atoms with Crippen molar-refractivity contribution >= 4 is 23.2 Å². The summed E-state index contributed by atoms with van der Waals surface area (Å²) in [5.74, 6) is 1.25. The number of hydrogen-bond donors (Lipinski definition) is 0. The molecule has 0 saturated heterocycles. The number of rotatable bonds is 3. The van der Waals surface area contributed by atoms with Gasteiger partial charge in [-0.2, -0.15) is 0 Å². The molecule has 0 atom stereocenters. The van der Waals surface area contributed by atoms with E-state index in [1.54, 1.807) is 30.5 Å². The lowest BCUT2D eigenvalue weighted by molar-refractivity contribution is 0.249. The lowest BCUT2D eigenvalue weighted by atomic mass is 10.3. The third-order valence-corrected chi connectivity index (χ3v) is 2.14. The molecule has 1 aromatic heterocycles. The Kier molecular flexibility index (Phi) is 3.14. The Morgan fingerprint density at radius 3 is 2.53 bits per heavy atom. The fraction of sp³-hybridized carbons (Fsp3) is 0.100. The van der Waals surface area contributed by atoms with Gasteiger partial charge in [0.05, 0.1) is 6.20 Å². The highest BCUT2D eigenvalue weighted by molar-refractivity contribution is 6.34. The molecule has 15 heavy (non-hydrogen) atoms. The molecule has 0 bridgehead atoms. The second-order valence-electron chi connectivity index (χ2n) is 2.87. The minimum absolute atomic E-state index is 0.302. The first kappa shape index (κ1) is 10.3. The number of halogens is 2. The quantitative estimate of drug-likeness (QED) is 0.827. The number of ether oxygens (including phenoxy) is 1. The molecule has 0 amide bonds. The molecule has 0 saturated carbocycles. The molecule has 0 radical (unpaired) electrons. The van der Waals surface area contributed by atoms with Crippen molar-refractivity contribution in [3.05, 3.63) is 46.3 Å². The number of benzene rings is 1. The highest BCUT2D eigenvalue weighted by Crippen LogP contribution is 2.24. The fourth-order valence-electron chi connectivity index (χ4n) is 1.08. The second-order valence-corrected chi connectivity index (χ2v) is 3.75. The molecule has 0 unspecified atom stereocenters. The van der Waals surface area contributed by atoms with Gasteiger partial charge in [-0.05, 0) is 18.2 Å². The molecular weight excluding hydrogens is 237 g/mol. The zero-order valence-electron chi connectivity index (χ0n) is 7.61. The van der Waals surface area contributed by atoms with E-state index in [4.69, 9.17) is 32.5 Å². The number of aromatic nitrogens is 1. The Labute approximate surface area is 96.5 Å². The van der Waals surface area contributed by atoms with Gasteiger partial charge in [-0.15, -0.1) is 0 Å². The van der Waals surface area contributed by atoms with E-state index in [1.165, 1.54) is 0 Å². The van der Waals surface area contributed by atoms with Crippen LogP contribution in [0.5, 0.6) is 5.75 Å². The lowest BCUT2D eigenvalue weighted by Gasteiger charge is -2.04. The molecule has 2 aromatic rings. The molecule has 5 heteroatoms. The van der Waals surface area contributed by atoms with Crippen molar-refractivity contribution in [2.45, 2.75) is 6.61 Å². The Morgan fingerprint density at radius 2 is 1.93 bits per heavy atom. The Morgan fingerprint density at radius 1 is 1.20 bits per heavy atom. The van der Waals surface area contributed by atoms with E-state index in [1.807, 2.05) is 0 Å². The summed E-state index contributed by atoms with van der Waals surface area (Å²) in [7, 11) is 0. The van der Waals surface area contributed by atoms with Crippen LogP contribution in [-0.4, -0.2) is 5.16 Å². The molecule has 3 nitrogen and oxygen atoms in total. The largest absolute Gasteiger partial charge is 0.485 e. The van der Waals surface area contributed by atoms with Crippen molar-refractivity contribution < 1.29 is 9.26 Å². The van der Waals surface area contributed by atoms with Crippen LogP contribution in [0.25, 0.3) is 0 Å². The smallest absolute Gasteiger partial charge is 0.174 e. The van der Waals surface area contributed by atoms with Crippen molar-refractivity contribution in [1.29, 1.82) is 0 Å². The number of nitrogens with zero attached hydrogens (tertiary/aromatic N) is 1. The molecule has 1 heterocycles. The second kappa shape index (κ2) is 4.55. The first-order valence-electron chi connectivity index (χ1n) is 4.22. The van der Waals surface area contributed by atoms with Gasteiger partial charge in [0, 0.05) is 16.1 Å². The molecule has 0 aliphatic heterocycles. The van der Waals surface area contributed by atoms with Gasteiger partial charge in [-0.3, -0.25) is 0 Å². The SMILES string of the molecule is Clc1cc(Cl)cc(OCc2ccno2)c1. The maximum atomic E-state index is 5.81. The molecule has 0 aliphatic carbocycles. The summed E-state index contributed by atoms with van der Waals surface area (Å²) in [4.78, 5) is 0. The maximum absolute atomic E-state index is 5.81. The molecule has 0 N–H and O–H groups in total. The molecule has 0 spiro atoms. The summed E-state index contributed by atoms with van der Waals surface area (Å²) in [6, 6.07) is 6.74. The number of hydrogen-bond acceptors (Lipinski definition) is 3. The van der Waals surface area contributed by atoms with Crippen LogP contribution < -0.4 is 4.74 Å². The molecule has 0 aliphatic rings. The van der Waals surface area contributed by atoms with Gasteiger partial charge in [-0.1, -0.05) is 28.4 Å². The highest BCUT2D eigenvalue weighted by atomic mass is 35.5. The first-order chi connectivity index (χ1) is 7.24. The van der Waals surface area contributed by atoms with Gasteiger partial charge >= 0.3 is 0 Å². The zero-order chi connectivity index (χ0) is 10.7. The zero-order valence-corrected chi connectivity index (χ0v) is 9.13. The molecule has 0 fully saturated rings. The van der Waals surface area contributed by atoms with Crippen molar-refractivity contribution in [3.8, 4) is 5.75 Å². The van der Waals surface area contributed by atoms with E-state index < -0.39 is 0 Å². The van der Waals surface area contributed by atoms with Gasteiger partial charge in [0.25, 0.3) is 0 Å². The van der Waals surface area contributed by atoms with Gasteiger partial charge in [0.2, 0.25) is 0 Å². The normalized spacial score (nSPS) is 10.3. The van der Waals surface area contributed by atoms with Crippen LogP contribution in [0.3, 0.4) is 0 Å². The molecule has 78 valence electrons. The summed E-state index contributed by atoms with van der Waals surface area (Å²) in [6.45, 7) is 0.302. The molecule has 1 aromatic carbocycles. The summed E-state index contributed by atoms with van der Waals surface area (Å²) >= 11 is 11.6. The average molecular weight is 244 g/mol. The van der Waals surface area contributed by atoms with Crippen molar-refractivity contribution in [2.75, 3.05) is 0 Å². The van der Waals surface area contributed by atoms with Crippen molar-refractivity contribution in [1.82, 2.24) is 5.16 Å². The van der Waals surface area contributed by atoms with Crippen LogP contribution in [0.15, 0.2) is 35.0 Å². The van der Waals surface area contributed by atoms with Gasteiger partial charge < -0.3 is 9.26 Å². The van der Waals surface area contributed by atoms with Crippen molar-refractivity contribution in [2.24, 2.45) is 0 Å². The fourth-order valence-corrected chi connectivity index (χ4v) is 1.59. The summed E-state index contributed by atoms with van der Waals surface area (Å²) < 4.78 is 10.3. The third-order valence-electron chi connectivity index (χ3n) is 1.71. The summed E-state index contributed by atoms with van der Waals surface area (Å²) in [5.41, 5.74) is 0. The van der Waals surface area contributed by atoms with E-state index in [2.05, 4.69) is 5.16 Å². The summed E-state index contributed by atoms with van der Waals surface area (Å²) in [6.07, 6.45) is 1.56.